The monoisotopic (exact) mass is 383 g/mol. The van der Waals surface area contributed by atoms with Gasteiger partial charge in [-0.15, -0.1) is 0 Å². The van der Waals surface area contributed by atoms with Crippen LogP contribution in [0, 0.1) is 17.0 Å². The molecule has 3 rings (SSSR count). The van der Waals surface area contributed by atoms with E-state index < -0.39 is 16.3 Å². The van der Waals surface area contributed by atoms with E-state index in [1.807, 2.05) is 6.92 Å². The van der Waals surface area contributed by atoms with Crippen LogP contribution in [-0.2, 0) is 11.2 Å². The number of carbonyl (C=O) groups is 1. The van der Waals surface area contributed by atoms with Crippen molar-refractivity contribution < 1.29 is 23.6 Å². The molecule has 0 aliphatic heterocycles. The minimum Gasteiger partial charge on any atom is -0.457 e. The van der Waals surface area contributed by atoms with Crippen molar-refractivity contribution >= 4 is 22.6 Å². The molecule has 144 valence electrons. The number of nitro benzene ring substituents is 1. The summed E-state index contributed by atoms with van der Waals surface area (Å²) >= 11 is 0. The van der Waals surface area contributed by atoms with E-state index in [4.69, 9.17) is 13.9 Å². The predicted octanol–water partition coefficient (Wildman–Crippen LogP) is 4.29. The lowest BCUT2D eigenvalue weighted by atomic mass is 10.1. The van der Waals surface area contributed by atoms with Gasteiger partial charge in [0.1, 0.15) is 17.1 Å². The van der Waals surface area contributed by atoms with Crippen LogP contribution >= 0.6 is 0 Å². The minimum absolute atomic E-state index is 0.0606. The molecule has 0 aliphatic carbocycles. The summed E-state index contributed by atoms with van der Waals surface area (Å²) in [5.74, 6) is -0.214. The van der Waals surface area contributed by atoms with Crippen molar-refractivity contribution in [2.45, 2.75) is 27.2 Å². The first-order valence-corrected chi connectivity index (χ1v) is 8.51. The number of esters is 1. The van der Waals surface area contributed by atoms with Crippen molar-refractivity contribution in [1.29, 1.82) is 0 Å². The number of rotatable bonds is 5. The maximum Gasteiger partial charge on any atom is 0.311 e. The fraction of sp³-hybridized carbons (Fsp3) is 0.200. The number of benzene rings is 2. The van der Waals surface area contributed by atoms with Gasteiger partial charge in [0.2, 0.25) is 16.9 Å². The van der Waals surface area contributed by atoms with Crippen molar-refractivity contribution in [2.24, 2.45) is 0 Å². The molecular weight excluding hydrogens is 366 g/mol. The maximum atomic E-state index is 13.0. The molecule has 0 aliphatic rings. The van der Waals surface area contributed by atoms with Gasteiger partial charge in [0.25, 0.3) is 0 Å². The van der Waals surface area contributed by atoms with E-state index in [-0.39, 0.29) is 33.9 Å². The predicted molar refractivity (Wildman–Crippen MR) is 101 cm³/mol. The Morgan fingerprint density at radius 1 is 1.21 bits per heavy atom. The lowest BCUT2D eigenvalue weighted by Crippen LogP contribution is -2.10. The van der Waals surface area contributed by atoms with E-state index in [0.29, 0.717) is 17.7 Å². The van der Waals surface area contributed by atoms with E-state index in [9.17, 15) is 19.7 Å². The summed E-state index contributed by atoms with van der Waals surface area (Å²) in [5, 5.41) is 11.4. The van der Waals surface area contributed by atoms with Gasteiger partial charge in [0.05, 0.1) is 10.3 Å². The van der Waals surface area contributed by atoms with Crippen molar-refractivity contribution in [3.8, 4) is 17.2 Å². The highest BCUT2D eigenvalue weighted by atomic mass is 16.6. The lowest BCUT2D eigenvalue weighted by Gasteiger charge is -2.12. The van der Waals surface area contributed by atoms with Crippen molar-refractivity contribution in [3.05, 3.63) is 68.1 Å². The molecule has 0 bridgehead atoms. The standard InChI is InChI=1S/C20H17NO7/c1-4-13-9-14-18(10-17(13)27-12(3)22)26-11(2)20(19(14)23)28-16-8-6-5-7-15(16)21(24)25/h5-10H,4H2,1-3H3. The Hall–Kier alpha value is -3.68. The molecule has 8 nitrogen and oxygen atoms in total. The van der Waals surface area contributed by atoms with E-state index >= 15 is 0 Å². The zero-order valence-corrected chi connectivity index (χ0v) is 15.5. The third-order valence-corrected chi connectivity index (χ3v) is 4.10. The number of hydrogen-bond donors (Lipinski definition) is 0. The SMILES string of the molecule is CCc1cc2c(=O)c(Oc3ccccc3[N+](=O)[O-])c(C)oc2cc1OC(C)=O. The zero-order chi connectivity index (χ0) is 20.4. The van der Waals surface area contributed by atoms with Crippen LogP contribution in [0.15, 0.2) is 45.6 Å². The van der Waals surface area contributed by atoms with Crippen LogP contribution in [0.1, 0.15) is 25.2 Å². The van der Waals surface area contributed by atoms with Crippen LogP contribution < -0.4 is 14.9 Å². The van der Waals surface area contributed by atoms with E-state index in [1.165, 1.54) is 38.1 Å². The molecule has 0 unspecified atom stereocenters. The molecule has 1 heterocycles. The molecule has 1 aromatic heterocycles. The minimum atomic E-state index is -0.589. The van der Waals surface area contributed by atoms with Gasteiger partial charge in [-0.2, -0.15) is 0 Å². The van der Waals surface area contributed by atoms with Crippen LogP contribution in [0.3, 0.4) is 0 Å². The summed E-state index contributed by atoms with van der Waals surface area (Å²) in [5.41, 5.74) is 0.142. The number of aryl methyl sites for hydroxylation is 2. The van der Waals surface area contributed by atoms with Crippen LogP contribution in [0.4, 0.5) is 5.69 Å². The molecular formula is C20H17NO7. The summed E-state index contributed by atoms with van der Waals surface area (Å²) < 4.78 is 16.4. The van der Waals surface area contributed by atoms with E-state index in [1.54, 1.807) is 12.1 Å². The molecule has 8 heteroatoms. The fourth-order valence-electron chi connectivity index (χ4n) is 2.81. The van der Waals surface area contributed by atoms with Crippen molar-refractivity contribution in [1.82, 2.24) is 0 Å². The summed E-state index contributed by atoms with van der Waals surface area (Å²) in [6, 6.07) is 8.83. The van der Waals surface area contributed by atoms with Gasteiger partial charge >= 0.3 is 11.7 Å². The Labute approximate surface area is 159 Å². The lowest BCUT2D eigenvalue weighted by molar-refractivity contribution is -0.385. The summed E-state index contributed by atoms with van der Waals surface area (Å²) in [6.07, 6.45) is 0.520. The van der Waals surface area contributed by atoms with Crippen molar-refractivity contribution in [3.63, 3.8) is 0 Å². The number of para-hydroxylation sites is 2. The number of ether oxygens (including phenoxy) is 2. The number of fused-ring (bicyclic) bond motifs is 1. The fourth-order valence-corrected chi connectivity index (χ4v) is 2.81. The highest BCUT2D eigenvalue weighted by Crippen LogP contribution is 2.33. The third kappa shape index (κ3) is 3.57. The molecule has 28 heavy (non-hydrogen) atoms. The van der Waals surface area contributed by atoms with Crippen LogP contribution in [0.5, 0.6) is 17.2 Å². The second-order valence-corrected chi connectivity index (χ2v) is 6.05. The first-order valence-electron chi connectivity index (χ1n) is 8.51. The molecule has 2 aromatic carbocycles. The van der Waals surface area contributed by atoms with Crippen molar-refractivity contribution in [2.75, 3.05) is 0 Å². The molecule has 0 saturated heterocycles. The Morgan fingerprint density at radius 3 is 2.57 bits per heavy atom. The Bertz CT molecular complexity index is 1150. The highest BCUT2D eigenvalue weighted by molar-refractivity contribution is 5.82. The summed E-state index contributed by atoms with van der Waals surface area (Å²) in [7, 11) is 0. The molecule has 0 spiro atoms. The average molecular weight is 383 g/mol. The van der Waals surface area contributed by atoms with Gasteiger partial charge in [-0.05, 0) is 31.0 Å². The quantitative estimate of drug-likeness (QED) is 0.280. The first kappa shape index (κ1) is 19.1. The second-order valence-electron chi connectivity index (χ2n) is 6.05. The smallest absolute Gasteiger partial charge is 0.311 e. The zero-order valence-electron chi connectivity index (χ0n) is 15.5. The number of nitro groups is 1. The van der Waals surface area contributed by atoms with Gasteiger partial charge in [-0.25, -0.2) is 0 Å². The van der Waals surface area contributed by atoms with Crippen LogP contribution in [0.25, 0.3) is 11.0 Å². The van der Waals surface area contributed by atoms with Gasteiger partial charge in [-0.3, -0.25) is 19.7 Å². The normalized spacial score (nSPS) is 10.7. The Kier molecular flexibility index (Phi) is 5.12. The molecule has 0 radical (unpaired) electrons. The highest BCUT2D eigenvalue weighted by Gasteiger charge is 2.21. The average Bonchev–Trinajstić information content (AvgIpc) is 2.64. The number of nitrogens with zero attached hydrogens (tertiary/aromatic N) is 1. The maximum absolute atomic E-state index is 13.0. The van der Waals surface area contributed by atoms with Gasteiger partial charge < -0.3 is 13.9 Å². The molecule has 0 atom stereocenters. The topological polar surface area (TPSA) is 109 Å². The van der Waals surface area contributed by atoms with Crippen LogP contribution in [-0.4, -0.2) is 10.9 Å². The van der Waals surface area contributed by atoms with Crippen LogP contribution in [0.2, 0.25) is 0 Å². The van der Waals surface area contributed by atoms with Gasteiger partial charge in [0, 0.05) is 19.1 Å². The van der Waals surface area contributed by atoms with E-state index in [0.717, 1.165) is 0 Å². The molecule has 0 amide bonds. The number of hydrogen-bond acceptors (Lipinski definition) is 7. The van der Waals surface area contributed by atoms with Gasteiger partial charge in [0.15, 0.2) is 0 Å². The molecule has 0 N–H and O–H groups in total. The summed E-state index contributed by atoms with van der Waals surface area (Å²) in [4.78, 5) is 34.9. The second kappa shape index (κ2) is 7.51. The van der Waals surface area contributed by atoms with Gasteiger partial charge in [-0.1, -0.05) is 19.1 Å². The molecule has 3 aromatic rings. The molecule has 0 saturated carbocycles. The Balaban J connectivity index is 2.17. The Morgan fingerprint density at radius 2 is 1.93 bits per heavy atom. The molecule has 0 fully saturated rings. The number of carbonyl (C=O) groups excluding carboxylic acids is 1. The first-order chi connectivity index (χ1) is 13.3. The third-order valence-electron chi connectivity index (χ3n) is 4.10. The summed E-state index contributed by atoms with van der Waals surface area (Å²) in [6.45, 7) is 4.66. The van der Waals surface area contributed by atoms with E-state index in [2.05, 4.69) is 0 Å². The largest absolute Gasteiger partial charge is 0.457 e.